The Morgan fingerprint density at radius 3 is 2.32 bits per heavy atom. The molecule has 0 aliphatic carbocycles. The van der Waals surface area contributed by atoms with E-state index in [0.29, 0.717) is 22.9 Å². The number of methoxy groups -OCH3 is 2. The molecule has 1 N–H and O–H groups in total. The number of esters is 1. The van der Waals surface area contributed by atoms with E-state index in [2.05, 4.69) is 5.32 Å². The molecular weight excluding hydrogens is 362 g/mol. The number of carbonyl (C=O) groups excluding carboxylic acids is 2. The SMILES string of the molecule is COc1ccc(NC(=O)COC(=O)COc2ccccc2C(C)C)cc1OC. The van der Waals surface area contributed by atoms with Crippen molar-refractivity contribution in [2.24, 2.45) is 0 Å². The summed E-state index contributed by atoms with van der Waals surface area (Å²) < 4.78 is 20.8. The van der Waals surface area contributed by atoms with Gasteiger partial charge in [0.25, 0.3) is 5.91 Å². The zero-order valence-electron chi connectivity index (χ0n) is 16.5. The molecule has 0 fully saturated rings. The third kappa shape index (κ3) is 5.90. The van der Waals surface area contributed by atoms with Crippen LogP contribution in [0.3, 0.4) is 0 Å². The van der Waals surface area contributed by atoms with Crippen LogP contribution in [-0.4, -0.2) is 39.3 Å². The summed E-state index contributed by atoms with van der Waals surface area (Å²) in [5.41, 5.74) is 1.50. The van der Waals surface area contributed by atoms with E-state index in [1.807, 2.05) is 32.0 Å². The number of benzene rings is 2. The number of anilines is 1. The summed E-state index contributed by atoms with van der Waals surface area (Å²) in [4.78, 5) is 23.9. The summed E-state index contributed by atoms with van der Waals surface area (Å²) in [6, 6.07) is 12.4. The summed E-state index contributed by atoms with van der Waals surface area (Å²) in [5.74, 6) is 0.827. The maximum Gasteiger partial charge on any atom is 0.344 e. The highest BCUT2D eigenvalue weighted by atomic mass is 16.6. The highest BCUT2D eigenvalue weighted by molar-refractivity contribution is 5.93. The molecule has 0 atom stereocenters. The van der Waals surface area contributed by atoms with Crippen LogP contribution in [0.4, 0.5) is 5.69 Å². The molecule has 0 aromatic heterocycles. The van der Waals surface area contributed by atoms with Gasteiger partial charge >= 0.3 is 5.97 Å². The minimum atomic E-state index is -0.624. The lowest BCUT2D eigenvalue weighted by molar-refractivity contribution is -0.149. The lowest BCUT2D eigenvalue weighted by Gasteiger charge is -2.13. The molecule has 7 nitrogen and oxygen atoms in total. The zero-order chi connectivity index (χ0) is 20.5. The molecule has 0 saturated carbocycles. The van der Waals surface area contributed by atoms with E-state index in [1.165, 1.54) is 14.2 Å². The molecule has 28 heavy (non-hydrogen) atoms. The number of hydrogen-bond donors (Lipinski definition) is 1. The van der Waals surface area contributed by atoms with Crippen LogP contribution in [0.15, 0.2) is 42.5 Å². The first-order chi connectivity index (χ1) is 13.4. The summed E-state index contributed by atoms with van der Waals surface area (Å²) in [6.45, 7) is 3.40. The largest absolute Gasteiger partial charge is 0.493 e. The first kappa shape index (κ1) is 21.1. The van der Waals surface area contributed by atoms with Gasteiger partial charge in [-0.2, -0.15) is 0 Å². The van der Waals surface area contributed by atoms with Crippen molar-refractivity contribution in [3.8, 4) is 17.2 Å². The highest BCUT2D eigenvalue weighted by Gasteiger charge is 2.12. The molecule has 0 aliphatic heterocycles. The Morgan fingerprint density at radius 2 is 1.64 bits per heavy atom. The normalized spacial score (nSPS) is 10.3. The Hall–Kier alpha value is -3.22. The van der Waals surface area contributed by atoms with E-state index in [1.54, 1.807) is 24.3 Å². The van der Waals surface area contributed by atoms with Crippen LogP contribution >= 0.6 is 0 Å². The summed E-state index contributed by atoms with van der Waals surface area (Å²) >= 11 is 0. The third-order valence-electron chi connectivity index (χ3n) is 3.92. The average molecular weight is 387 g/mol. The van der Waals surface area contributed by atoms with Crippen molar-refractivity contribution < 1.29 is 28.5 Å². The molecule has 0 unspecified atom stereocenters. The molecule has 2 rings (SSSR count). The summed E-state index contributed by atoms with van der Waals surface area (Å²) in [5, 5.41) is 2.63. The molecule has 0 radical (unpaired) electrons. The van der Waals surface area contributed by atoms with Gasteiger partial charge in [0.15, 0.2) is 24.7 Å². The van der Waals surface area contributed by atoms with Gasteiger partial charge in [-0.1, -0.05) is 32.0 Å². The van der Waals surface area contributed by atoms with Crippen LogP contribution in [0.5, 0.6) is 17.2 Å². The van der Waals surface area contributed by atoms with Crippen LogP contribution in [0.1, 0.15) is 25.3 Å². The fraction of sp³-hybridized carbons (Fsp3) is 0.333. The number of ether oxygens (including phenoxy) is 4. The molecule has 0 aliphatic rings. The van der Waals surface area contributed by atoms with Crippen LogP contribution < -0.4 is 19.5 Å². The van der Waals surface area contributed by atoms with E-state index < -0.39 is 18.5 Å². The molecule has 150 valence electrons. The smallest absolute Gasteiger partial charge is 0.344 e. The Labute approximate surface area is 164 Å². The van der Waals surface area contributed by atoms with Gasteiger partial charge in [-0.25, -0.2) is 4.79 Å². The van der Waals surface area contributed by atoms with E-state index in [9.17, 15) is 9.59 Å². The van der Waals surface area contributed by atoms with Gasteiger partial charge in [-0.3, -0.25) is 4.79 Å². The van der Waals surface area contributed by atoms with E-state index in [-0.39, 0.29) is 12.5 Å². The van der Waals surface area contributed by atoms with Crippen molar-refractivity contribution in [3.05, 3.63) is 48.0 Å². The van der Waals surface area contributed by atoms with Crippen LogP contribution in [0.2, 0.25) is 0 Å². The molecule has 1 amide bonds. The van der Waals surface area contributed by atoms with Gasteiger partial charge in [0, 0.05) is 11.8 Å². The van der Waals surface area contributed by atoms with Gasteiger partial charge in [0.05, 0.1) is 14.2 Å². The van der Waals surface area contributed by atoms with Crippen molar-refractivity contribution in [2.75, 3.05) is 32.8 Å². The summed E-state index contributed by atoms with van der Waals surface area (Å²) in [7, 11) is 3.03. The number of carbonyl (C=O) groups is 2. The molecular formula is C21H25NO6. The summed E-state index contributed by atoms with van der Waals surface area (Å²) in [6.07, 6.45) is 0. The molecule has 0 bridgehead atoms. The standard InChI is InChI=1S/C21H25NO6/c1-14(2)16-7-5-6-8-17(16)27-13-21(24)28-12-20(23)22-15-9-10-18(25-3)19(11-15)26-4/h5-11,14H,12-13H2,1-4H3,(H,22,23). The van der Waals surface area contributed by atoms with E-state index in [4.69, 9.17) is 18.9 Å². The Kier molecular flexibility index (Phi) is 7.68. The minimum absolute atomic E-state index is 0.263. The van der Waals surface area contributed by atoms with Crippen molar-refractivity contribution in [2.45, 2.75) is 19.8 Å². The van der Waals surface area contributed by atoms with Gasteiger partial charge < -0.3 is 24.3 Å². The maximum atomic E-state index is 12.0. The van der Waals surface area contributed by atoms with Crippen LogP contribution in [0.25, 0.3) is 0 Å². The van der Waals surface area contributed by atoms with Gasteiger partial charge in [-0.15, -0.1) is 0 Å². The third-order valence-corrected chi connectivity index (χ3v) is 3.92. The predicted molar refractivity (Wildman–Crippen MR) is 105 cm³/mol. The fourth-order valence-electron chi connectivity index (χ4n) is 2.52. The van der Waals surface area contributed by atoms with Crippen LogP contribution in [-0.2, 0) is 14.3 Å². The second kappa shape index (κ2) is 10.2. The fourth-order valence-corrected chi connectivity index (χ4v) is 2.52. The lowest BCUT2D eigenvalue weighted by atomic mass is 10.0. The molecule has 2 aromatic rings. The minimum Gasteiger partial charge on any atom is -0.493 e. The number of nitrogens with one attached hydrogen (secondary N) is 1. The van der Waals surface area contributed by atoms with E-state index in [0.717, 1.165) is 5.56 Å². The van der Waals surface area contributed by atoms with Crippen LogP contribution in [0, 0.1) is 0 Å². The Morgan fingerprint density at radius 1 is 0.929 bits per heavy atom. The first-order valence-electron chi connectivity index (χ1n) is 8.83. The second-order valence-electron chi connectivity index (χ2n) is 6.26. The van der Waals surface area contributed by atoms with Gasteiger partial charge in [0.2, 0.25) is 0 Å². The zero-order valence-corrected chi connectivity index (χ0v) is 16.5. The van der Waals surface area contributed by atoms with Crippen molar-refractivity contribution >= 4 is 17.6 Å². The molecule has 7 heteroatoms. The van der Waals surface area contributed by atoms with Crippen molar-refractivity contribution in [1.29, 1.82) is 0 Å². The molecule has 0 heterocycles. The molecule has 0 spiro atoms. The second-order valence-corrected chi connectivity index (χ2v) is 6.26. The Bertz CT molecular complexity index is 818. The Balaban J connectivity index is 1.82. The maximum absolute atomic E-state index is 12.0. The monoisotopic (exact) mass is 387 g/mol. The average Bonchev–Trinajstić information content (AvgIpc) is 2.70. The topological polar surface area (TPSA) is 83.1 Å². The number of amides is 1. The predicted octanol–water partition coefficient (Wildman–Crippen LogP) is 3.39. The molecule has 2 aromatic carbocycles. The molecule has 0 saturated heterocycles. The van der Waals surface area contributed by atoms with Gasteiger partial charge in [-0.05, 0) is 29.7 Å². The van der Waals surface area contributed by atoms with Crippen molar-refractivity contribution in [1.82, 2.24) is 0 Å². The number of hydrogen-bond acceptors (Lipinski definition) is 6. The lowest BCUT2D eigenvalue weighted by Crippen LogP contribution is -2.23. The highest BCUT2D eigenvalue weighted by Crippen LogP contribution is 2.29. The first-order valence-corrected chi connectivity index (χ1v) is 8.83. The van der Waals surface area contributed by atoms with E-state index >= 15 is 0 Å². The number of rotatable bonds is 9. The number of para-hydroxylation sites is 1. The van der Waals surface area contributed by atoms with Crippen molar-refractivity contribution in [3.63, 3.8) is 0 Å². The van der Waals surface area contributed by atoms with Gasteiger partial charge in [0.1, 0.15) is 5.75 Å². The quantitative estimate of drug-likeness (QED) is 0.664.